The number of anilines is 1. The highest BCUT2D eigenvalue weighted by molar-refractivity contribution is 7.81. The highest BCUT2D eigenvalue weighted by Gasteiger charge is 2.05. The minimum atomic E-state index is 0.519. The van der Waals surface area contributed by atoms with Crippen LogP contribution in [0.4, 0.5) is 5.82 Å². The lowest BCUT2D eigenvalue weighted by Gasteiger charge is -2.18. The van der Waals surface area contributed by atoms with Crippen molar-refractivity contribution in [2.45, 2.75) is 12.8 Å². The number of hydrogen-bond donors (Lipinski definition) is 0. The molecule has 1 aromatic rings. The molecular weight excluding hydrogens is 275 g/mol. The molecule has 3 nitrogen and oxygen atoms in total. The van der Waals surface area contributed by atoms with Crippen molar-refractivity contribution in [3.8, 4) is 12.3 Å². The van der Waals surface area contributed by atoms with Gasteiger partial charge in [-0.2, -0.15) is 0 Å². The van der Waals surface area contributed by atoms with Gasteiger partial charge in [-0.25, -0.2) is 4.98 Å². The molecule has 1 heterocycles. The van der Waals surface area contributed by atoms with Crippen LogP contribution >= 0.6 is 21.5 Å². The number of hydrogen-bond acceptors (Lipinski definition) is 4. The molecule has 0 fully saturated rings. The van der Waals surface area contributed by atoms with E-state index in [-0.39, 0.29) is 0 Å². The number of pyridine rings is 1. The third kappa shape index (κ3) is 5.65. The van der Waals surface area contributed by atoms with Crippen LogP contribution in [0.3, 0.4) is 0 Å². The lowest BCUT2D eigenvalue weighted by molar-refractivity contribution is 0.177. The number of nitrogens with zero attached hydrogens (tertiary/aromatic N) is 2. The summed E-state index contributed by atoms with van der Waals surface area (Å²) in [5, 5.41) is 0. The van der Waals surface area contributed by atoms with Crippen LogP contribution < -0.4 is 4.90 Å². The van der Waals surface area contributed by atoms with Crippen molar-refractivity contribution in [2.75, 3.05) is 31.4 Å². The molecule has 19 heavy (non-hydrogen) atoms. The van der Waals surface area contributed by atoms with E-state index in [9.17, 15) is 0 Å². The first-order valence-corrected chi connectivity index (χ1v) is 7.37. The predicted molar refractivity (Wildman–Crippen MR) is 87.8 cm³/mol. The molecule has 0 saturated carbocycles. The van der Waals surface area contributed by atoms with Crippen molar-refractivity contribution in [3.05, 3.63) is 23.9 Å². The van der Waals surface area contributed by atoms with E-state index in [4.69, 9.17) is 23.4 Å². The van der Waals surface area contributed by atoms with Crippen LogP contribution in [-0.4, -0.2) is 36.4 Å². The van der Waals surface area contributed by atoms with Gasteiger partial charge in [-0.05, 0) is 25.0 Å². The topological polar surface area (TPSA) is 25.4 Å². The zero-order valence-corrected chi connectivity index (χ0v) is 13.1. The third-order valence-electron chi connectivity index (χ3n) is 2.68. The zero-order valence-electron chi connectivity index (χ0n) is 11.1. The van der Waals surface area contributed by atoms with Crippen molar-refractivity contribution in [2.24, 2.45) is 0 Å². The summed E-state index contributed by atoms with van der Waals surface area (Å²) in [5.74, 6) is 3.37. The fourth-order valence-corrected chi connectivity index (χ4v) is 1.90. The number of thiocarbonyl (C=S) groups is 1. The second-order valence-corrected chi connectivity index (χ2v) is 4.82. The monoisotopic (exact) mass is 294 g/mol. The van der Waals surface area contributed by atoms with Crippen molar-refractivity contribution >= 4 is 32.1 Å². The van der Waals surface area contributed by atoms with Crippen molar-refractivity contribution in [3.63, 3.8) is 0 Å². The Hall–Kier alpha value is -1.01. The maximum atomic E-state index is 5.32. The summed E-state index contributed by atoms with van der Waals surface area (Å²) in [6.45, 7) is 1.73. The Morgan fingerprint density at radius 1 is 1.58 bits per heavy atom. The lowest BCUT2D eigenvalue weighted by atomic mass is 10.2. The van der Waals surface area contributed by atoms with Gasteiger partial charge in [-0.15, -0.1) is 15.7 Å². The van der Waals surface area contributed by atoms with Gasteiger partial charge >= 0.3 is 0 Å². The van der Waals surface area contributed by atoms with Crippen molar-refractivity contribution < 1.29 is 4.74 Å². The molecule has 0 saturated heterocycles. The molecule has 0 aliphatic carbocycles. The van der Waals surface area contributed by atoms with Gasteiger partial charge in [-0.3, -0.25) is 0 Å². The summed E-state index contributed by atoms with van der Waals surface area (Å²) < 4.78 is 5.28. The first kappa shape index (κ1) is 16.0. The summed E-state index contributed by atoms with van der Waals surface area (Å²) in [7, 11) is 4.57. The molecule has 0 bridgehead atoms. The molecule has 1 aromatic heterocycles. The SMILES string of the molecule is C#CC(=S)c1ccnc(N(C)CCCCOCP)c1. The van der Waals surface area contributed by atoms with Gasteiger partial charge in [-0.1, -0.05) is 18.1 Å². The van der Waals surface area contributed by atoms with E-state index in [1.807, 2.05) is 19.2 Å². The average molecular weight is 294 g/mol. The van der Waals surface area contributed by atoms with E-state index in [1.54, 1.807) is 6.20 Å². The van der Waals surface area contributed by atoms with Gasteiger partial charge in [0, 0.05) is 32.0 Å². The second-order valence-electron chi connectivity index (χ2n) is 4.08. The third-order valence-corrected chi connectivity index (χ3v) is 3.27. The first-order valence-electron chi connectivity index (χ1n) is 6.15. The molecule has 102 valence electrons. The van der Waals surface area contributed by atoms with Crippen LogP contribution in [0.5, 0.6) is 0 Å². The van der Waals surface area contributed by atoms with E-state index in [2.05, 4.69) is 25.0 Å². The quantitative estimate of drug-likeness (QED) is 0.242. The number of rotatable bonds is 8. The molecule has 1 unspecified atom stereocenters. The fraction of sp³-hybridized carbons (Fsp3) is 0.429. The fourth-order valence-electron chi connectivity index (χ4n) is 1.60. The largest absolute Gasteiger partial charge is 0.378 e. The molecule has 0 spiro atoms. The number of terminal acetylenes is 1. The summed E-state index contributed by atoms with van der Waals surface area (Å²) in [4.78, 5) is 6.95. The summed E-state index contributed by atoms with van der Waals surface area (Å²) in [6.07, 6.45) is 9.86. The van der Waals surface area contributed by atoms with Gasteiger partial charge in [0.15, 0.2) is 0 Å². The smallest absolute Gasteiger partial charge is 0.128 e. The van der Waals surface area contributed by atoms with Gasteiger partial charge in [0.1, 0.15) is 5.82 Å². The maximum absolute atomic E-state index is 5.32. The zero-order chi connectivity index (χ0) is 14.1. The minimum Gasteiger partial charge on any atom is -0.378 e. The van der Waals surface area contributed by atoms with Gasteiger partial charge in [0.25, 0.3) is 0 Å². The molecule has 0 aliphatic rings. The number of aromatic nitrogens is 1. The molecule has 0 aliphatic heterocycles. The van der Waals surface area contributed by atoms with E-state index in [0.717, 1.165) is 37.4 Å². The van der Waals surface area contributed by atoms with E-state index in [0.29, 0.717) is 11.2 Å². The standard InChI is InChI=1S/C14H19N2OPS/c1-3-13(19)12-6-7-15-14(10-12)16(2)8-4-5-9-17-11-18/h1,6-7,10H,4-5,8-9,11,18H2,2H3. The summed E-state index contributed by atoms with van der Waals surface area (Å²) in [5.41, 5.74) is 0.876. The highest BCUT2D eigenvalue weighted by Crippen LogP contribution is 2.12. The second kappa shape index (κ2) is 8.98. The molecule has 5 heteroatoms. The lowest BCUT2D eigenvalue weighted by Crippen LogP contribution is -2.20. The predicted octanol–water partition coefficient (Wildman–Crippen LogP) is 2.50. The van der Waals surface area contributed by atoms with Crippen LogP contribution in [0.15, 0.2) is 18.3 Å². The van der Waals surface area contributed by atoms with E-state index < -0.39 is 0 Å². The molecule has 0 aromatic carbocycles. The van der Waals surface area contributed by atoms with Crippen molar-refractivity contribution in [1.29, 1.82) is 0 Å². The van der Waals surface area contributed by atoms with Crippen molar-refractivity contribution in [1.82, 2.24) is 4.98 Å². The Kier molecular flexibility index (Phi) is 7.59. The van der Waals surface area contributed by atoms with Crippen LogP contribution in [0.1, 0.15) is 18.4 Å². The first-order chi connectivity index (χ1) is 9.19. The highest BCUT2D eigenvalue weighted by atomic mass is 32.1. The van der Waals surface area contributed by atoms with Crippen LogP contribution in [0, 0.1) is 12.3 Å². The Morgan fingerprint density at radius 2 is 2.37 bits per heavy atom. The Morgan fingerprint density at radius 3 is 3.05 bits per heavy atom. The number of unbranched alkanes of at least 4 members (excludes halogenated alkanes) is 1. The van der Waals surface area contributed by atoms with E-state index in [1.165, 1.54) is 0 Å². The Labute approximate surface area is 122 Å². The van der Waals surface area contributed by atoms with Crippen LogP contribution in [-0.2, 0) is 4.74 Å². The molecule has 1 rings (SSSR count). The Bertz CT molecular complexity index is 459. The molecular formula is C14H19N2OPS. The van der Waals surface area contributed by atoms with E-state index >= 15 is 0 Å². The molecule has 0 radical (unpaired) electrons. The normalized spacial score (nSPS) is 9.95. The molecule has 1 atom stereocenters. The maximum Gasteiger partial charge on any atom is 0.128 e. The minimum absolute atomic E-state index is 0.519. The molecule has 0 N–H and O–H groups in total. The van der Waals surface area contributed by atoms with Gasteiger partial charge < -0.3 is 9.64 Å². The summed E-state index contributed by atoms with van der Waals surface area (Å²) in [6, 6.07) is 3.77. The number of ether oxygens (including phenoxy) is 1. The Balaban J connectivity index is 2.50. The van der Waals surface area contributed by atoms with Gasteiger partial charge in [0.05, 0.1) is 11.2 Å². The van der Waals surface area contributed by atoms with Gasteiger partial charge in [0.2, 0.25) is 0 Å². The van der Waals surface area contributed by atoms with Crippen LogP contribution in [0.2, 0.25) is 0 Å². The summed E-state index contributed by atoms with van der Waals surface area (Å²) >= 11 is 5.10. The molecule has 0 amide bonds. The van der Waals surface area contributed by atoms with Crippen LogP contribution in [0.25, 0.3) is 0 Å². The average Bonchev–Trinajstić information content (AvgIpc) is 2.46.